The smallest absolute Gasteiger partial charge is 0.284 e. The Balaban J connectivity index is 1.91. The molecule has 1 saturated carbocycles. The van der Waals surface area contributed by atoms with Crippen molar-refractivity contribution < 1.29 is 13.6 Å². The third-order valence-corrected chi connectivity index (χ3v) is 4.72. The monoisotopic (exact) mass is 360 g/mol. The number of fused-ring (bicyclic) bond motifs is 1. The van der Waals surface area contributed by atoms with Gasteiger partial charge in [-0.15, -0.1) is 0 Å². The Morgan fingerprint density at radius 1 is 1.16 bits per heavy atom. The van der Waals surface area contributed by atoms with Crippen molar-refractivity contribution in [3.8, 4) is 0 Å². The number of rotatable bonds is 3. The van der Waals surface area contributed by atoms with Crippen LogP contribution in [0.5, 0.6) is 0 Å². The number of halogens is 3. The van der Waals surface area contributed by atoms with Gasteiger partial charge in [0.2, 0.25) is 0 Å². The van der Waals surface area contributed by atoms with Gasteiger partial charge < -0.3 is 4.90 Å². The number of benzodiazepines with no additional fused rings is 1. The highest BCUT2D eigenvalue weighted by Gasteiger charge is 2.36. The maximum atomic E-state index is 14.6. The van der Waals surface area contributed by atoms with Gasteiger partial charge in [0.1, 0.15) is 5.82 Å². The Labute approximate surface area is 148 Å². The zero-order chi connectivity index (χ0) is 17.6. The van der Waals surface area contributed by atoms with Crippen molar-refractivity contribution in [3.63, 3.8) is 0 Å². The van der Waals surface area contributed by atoms with Crippen LogP contribution < -0.4 is 4.90 Å². The second kappa shape index (κ2) is 6.23. The molecule has 0 aromatic heterocycles. The molecule has 6 heteroatoms. The van der Waals surface area contributed by atoms with Crippen molar-refractivity contribution in [3.05, 3.63) is 64.4 Å². The number of amides is 1. The molecule has 0 saturated heterocycles. The first-order valence-corrected chi connectivity index (χ1v) is 8.50. The van der Waals surface area contributed by atoms with E-state index in [4.69, 9.17) is 11.6 Å². The molecule has 0 spiro atoms. The van der Waals surface area contributed by atoms with Gasteiger partial charge in [-0.05, 0) is 49.1 Å². The van der Waals surface area contributed by atoms with Crippen LogP contribution in [-0.2, 0) is 4.79 Å². The topological polar surface area (TPSA) is 32.7 Å². The van der Waals surface area contributed by atoms with Gasteiger partial charge in [-0.3, -0.25) is 4.79 Å². The number of carbonyl (C=O) groups excluding carboxylic acids is 1. The van der Waals surface area contributed by atoms with Crippen molar-refractivity contribution in [2.45, 2.75) is 19.1 Å². The van der Waals surface area contributed by atoms with E-state index in [2.05, 4.69) is 4.99 Å². The lowest BCUT2D eigenvalue weighted by Gasteiger charge is -2.23. The number of hydrogen-bond donors (Lipinski definition) is 0. The number of nitrogens with zero attached hydrogens (tertiary/aromatic N) is 2. The molecule has 1 atom stereocenters. The quantitative estimate of drug-likeness (QED) is 0.748. The van der Waals surface area contributed by atoms with Crippen LogP contribution in [0.3, 0.4) is 0 Å². The summed E-state index contributed by atoms with van der Waals surface area (Å²) < 4.78 is 28.9. The van der Waals surface area contributed by atoms with E-state index in [1.807, 2.05) is 0 Å². The van der Waals surface area contributed by atoms with E-state index in [0.29, 0.717) is 28.7 Å². The summed E-state index contributed by atoms with van der Waals surface area (Å²) in [6.45, 7) is 0.438. The molecular weight excluding hydrogens is 346 g/mol. The van der Waals surface area contributed by atoms with E-state index >= 15 is 0 Å². The maximum Gasteiger partial charge on any atom is 0.284 e. The average molecular weight is 361 g/mol. The first kappa shape index (κ1) is 16.2. The summed E-state index contributed by atoms with van der Waals surface area (Å²) in [5.74, 6) is -0.876. The van der Waals surface area contributed by atoms with E-state index in [0.717, 1.165) is 12.8 Å². The number of aliphatic imine (C=N–C) groups is 1. The minimum absolute atomic E-state index is 0.106. The van der Waals surface area contributed by atoms with E-state index in [-0.39, 0.29) is 11.3 Å². The van der Waals surface area contributed by atoms with Crippen LogP contribution in [0, 0.1) is 11.7 Å². The predicted octanol–water partition coefficient (Wildman–Crippen LogP) is 4.37. The van der Waals surface area contributed by atoms with Gasteiger partial charge in [0.25, 0.3) is 12.2 Å². The van der Waals surface area contributed by atoms with Crippen LogP contribution >= 0.6 is 11.6 Å². The van der Waals surface area contributed by atoms with E-state index in [1.54, 1.807) is 30.3 Å². The molecule has 4 rings (SSSR count). The number of anilines is 1. The number of hydrogen-bond acceptors (Lipinski definition) is 2. The van der Waals surface area contributed by atoms with Gasteiger partial charge in [0.05, 0.1) is 11.4 Å². The fourth-order valence-corrected chi connectivity index (χ4v) is 3.21. The largest absolute Gasteiger partial charge is 0.307 e. The van der Waals surface area contributed by atoms with Gasteiger partial charge in [-0.25, -0.2) is 13.8 Å². The molecule has 2 aromatic rings. The SMILES string of the molecule is O=C1C(F)N=C(c2ccccc2F)c2cc(Cl)ccc2N1CC1CC1. The Kier molecular flexibility index (Phi) is 4.04. The summed E-state index contributed by atoms with van der Waals surface area (Å²) in [6, 6.07) is 10.9. The molecule has 1 amide bonds. The number of benzene rings is 2. The lowest BCUT2D eigenvalue weighted by Crippen LogP contribution is -2.37. The lowest BCUT2D eigenvalue weighted by molar-refractivity contribution is -0.123. The summed E-state index contributed by atoms with van der Waals surface area (Å²) in [5, 5.41) is 0.416. The minimum Gasteiger partial charge on any atom is -0.307 e. The minimum atomic E-state index is -2.07. The molecule has 2 aliphatic rings. The van der Waals surface area contributed by atoms with Crippen LogP contribution in [0.15, 0.2) is 47.5 Å². The van der Waals surface area contributed by atoms with Crippen LogP contribution in [0.25, 0.3) is 0 Å². The highest BCUT2D eigenvalue weighted by atomic mass is 35.5. The highest BCUT2D eigenvalue weighted by Crippen LogP contribution is 2.36. The Morgan fingerprint density at radius 3 is 2.64 bits per heavy atom. The fourth-order valence-electron chi connectivity index (χ4n) is 3.03. The summed E-state index contributed by atoms with van der Waals surface area (Å²) in [7, 11) is 0. The molecule has 1 aliphatic heterocycles. The van der Waals surface area contributed by atoms with E-state index < -0.39 is 18.0 Å². The highest BCUT2D eigenvalue weighted by molar-refractivity contribution is 6.32. The first-order chi connectivity index (χ1) is 12.0. The van der Waals surface area contributed by atoms with Gasteiger partial charge in [-0.2, -0.15) is 0 Å². The van der Waals surface area contributed by atoms with Crippen LogP contribution in [-0.4, -0.2) is 24.5 Å². The molecule has 1 fully saturated rings. The summed E-state index contributed by atoms with van der Waals surface area (Å²) >= 11 is 6.12. The molecule has 0 radical (unpaired) electrons. The fraction of sp³-hybridized carbons (Fsp3) is 0.263. The van der Waals surface area contributed by atoms with E-state index in [1.165, 1.54) is 17.0 Å². The molecular formula is C19H15ClF2N2O. The van der Waals surface area contributed by atoms with Gasteiger partial charge in [0.15, 0.2) is 0 Å². The normalized spacial score (nSPS) is 20.1. The second-order valence-electron chi connectivity index (χ2n) is 6.35. The standard InChI is InChI=1S/C19H15ClF2N2O/c20-12-7-8-16-14(9-12)17(13-3-1-2-4-15(13)21)23-18(22)19(25)24(16)10-11-5-6-11/h1-4,7-9,11,18H,5-6,10H2. The van der Waals surface area contributed by atoms with Crippen LogP contribution in [0.1, 0.15) is 24.0 Å². The molecule has 2 aromatic carbocycles. The van der Waals surface area contributed by atoms with E-state index in [9.17, 15) is 13.6 Å². The number of carbonyl (C=O) groups is 1. The molecule has 128 valence electrons. The molecule has 1 heterocycles. The summed E-state index contributed by atoms with van der Waals surface area (Å²) in [4.78, 5) is 17.9. The molecule has 3 nitrogen and oxygen atoms in total. The first-order valence-electron chi connectivity index (χ1n) is 8.12. The summed E-state index contributed by atoms with van der Waals surface area (Å²) in [5.41, 5.74) is 1.24. The van der Waals surface area contributed by atoms with Crippen molar-refractivity contribution in [1.29, 1.82) is 0 Å². The van der Waals surface area contributed by atoms with Crippen molar-refractivity contribution in [1.82, 2.24) is 0 Å². The van der Waals surface area contributed by atoms with Gasteiger partial charge in [-0.1, -0.05) is 23.7 Å². The average Bonchev–Trinajstić information content (AvgIpc) is 3.42. The Morgan fingerprint density at radius 2 is 1.92 bits per heavy atom. The number of alkyl halides is 1. The molecule has 25 heavy (non-hydrogen) atoms. The third kappa shape index (κ3) is 3.04. The van der Waals surface area contributed by atoms with Gasteiger partial charge >= 0.3 is 0 Å². The maximum absolute atomic E-state index is 14.6. The van der Waals surface area contributed by atoms with Crippen molar-refractivity contribution in [2.24, 2.45) is 10.9 Å². The molecule has 1 unspecified atom stereocenters. The zero-order valence-electron chi connectivity index (χ0n) is 13.3. The van der Waals surface area contributed by atoms with Crippen LogP contribution in [0.4, 0.5) is 14.5 Å². The third-order valence-electron chi connectivity index (χ3n) is 4.48. The predicted molar refractivity (Wildman–Crippen MR) is 93.5 cm³/mol. The van der Waals surface area contributed by atoms with Crippen LogP contribution in [0.2, 0.25) is 5.02 Å². The zero-order valence-corrected chi connectivity index (χ0v) is 14.0. The molecule has 0 N–H and O–H groups in total. The second-order valence-corrected chi connectivity index (χ2v) is 6.78. The molecule has 1 aliphatic carbocycles. The summed E-state index contributed by atoms with van der Waals surface area (Å²) in [6.07, 6.45) is -0.0328. The lowest BCUT2D eigenvalue weighted by atomic mass is 9.99. The Hall–Kier alpha value is -2.27. The molecule has 0 bridgehead atoms. The van der Waals surface area contributed by atoms with Crippen molar-refractivity contribution in [2.75, 3.05) is 11.4 Å². The van der Waals surface area contributed by atoms with Crippen molar-refractivity contribution >= 4 is 28.9 Å². The Bertz CT molecular complexity index is 879. The van der Waals surface area contributed by atoms with Gasteiger partial charge in [0, 0.05) is 22.7 Å².